The second-order valence-electron chi connectivity index (χ2n) is 8.76. The quantitative estimate of drug-likeness (QED) is 0.168. The zero-order valence-corrected chi connectivity index (χ0v) is 23.3. The number of thiocarbonyl (C=S) groups is 1. The number of ether oxygens (including phenoxy) is 1. The van der Waals surface area contributed by atoms with Gasteiger partial charge in [0.25, 0.3) is 5.91 Å². The van der Waals surface area contributed by atoms with Crippen LogP contribution in [0.2, 0.25) is 0 Å². The van der Waals surface area contributed by atoms with Gasteiger partial charge < -0.3 is 10.1 Å². The fraction of sp³-hybridized carbons (Fsp3) is 0.286. The molecule has 6 nitrogen and oxygen atoms in total. The largest absolute Gasteiger partial charge is 0.497 e. The molecule has 0 bridgehead atoms. The van der Waals surface area contributed by atoms with Gasteiger partial charge in [-0.05, 0) is 49.1 Å². The number of nitrogens with one attached hydrogen (secondary N) is 1. The molecule has 0 spiro atoms. The number of carbonyl (C=O) groups excluding carboxylic acids is 2. The second kappa shape index (κ2) is 13.0. The van der Waals surface area contributed by atoms with Gasteiger partial charge in [-0.3, -0.25) is 14.5 Å². The summed E-state index contributed by atoms with van der Waals surface area (Å²) >= 11 is 8.26. The predicted molar refractivity (Wildman–Crippen MR) is 156 cm³/mol. The fourth-order valence-corrected chi connectivity index (χ4v) is 5.98. The van der Waals surface area contributed by atoms with Crippen LogP contribution in [-0.4, -0.2) is 39.7 Å². The molecule has 37 heavy (non-hydrogen) atoms. The molecule has 192 valence electrons. The molecule has 0 atom stereocenters. The van der Waals surface area contributed by atoms with Crippen molar-refractivity contribution in [2.45, 2.75) is 39.0 Å². The maximum absolute atomic E-state index is 12.8. The molecule has 1 fully saturated rings. The number of aromatic nitrogens is 1. The van der Waals surface area contributed by atoms with Crippen molar-refractivity contribution < 1.29 is 14.3 Å². The van der Waals surface area contributed by atoms with Crippen molar-refractivity contribution in [3.8, 4) is 5.75 Å². The van der Waals surface area contributed by atoms with Crippen LogP contribution < -0.4 is 10.1 Å². The predicted octanol–water partition coefficient (Wildman–Crippen LogP) is 6.45. The normalized spacial score (nSPS) is 14.4. The first kappa shape index (κ1) is 27.0. The zero-order valence-electron chi connectivity index (χ0n) is 20.9. The van der Waals surface area contributed by atoms with E-state index < -0.39 is 0 Å². The van der Waals surface area contributed by atoms with Gasteiger partial charge in [0.15, 0.2) is 5.13 Å². The molecular formula is C28H29N3O3S3. The lowest BCUT2D eigenvalue weighted by Crippen LogP contribution is -2.29. The smallest absolute Gasteiger partial charge is 0.266 e. The molecule has 2 aromatic carbocycles. The van der Waals surface area contributed by atoms with Crippen molar-refractivity contribution in [1.82, 2.24) is 9.88 Å². The maximum atomic E-state index is 12.8. The molecular weight excluding hydrogens is 523 g/mol. The summed E-state index contributed by atoms with van der Waals surface area (Å²) in [5.74, 6) is 0.672. The standard InChI is InChI=1S/C28H29N3O3S3/c1-19-7-9-20(10-8-19)16-23-18-29-27(36-23)30-25(32)6-4-3-5-15-31-26(33)24(37-28(31)35)17-21-11-13-22(34-2)14-12-21/h7-14,17-18H,3-6,15-16H2,1-2H3,(H,29,30,32)/b24-17+. The summed E-state index contributed by atoms with van der Waals surface area (Å²) in [6, 6.07) is 16.0. The summed E-state index contributed by atoms with van der Waals surface area (Å²) in [7, 11) is 1.62. The zero-order chi connectivity index (χ0) is 26.2. The van der Waals surface area contributed by atoms with E-state index in [1.165, 1.54) is 34.2 Å². The number of nitrogens with zero attached hydrogens (tertiary/aromatic N) is 2. The molecule has 1 aliphatic heterocycles. The van der Waals surface area contributed by atoms with E-state index in [1.54, 1.807) is 12.0 Å². The van der Waals surface area contributed by atoms with Crippen LogP contribution in [0.1, 0.15) is 47.3 Å². The Morgan fingerprint density at radius 1 is 1.11 bits per heavy atom. The number of amides is 2. The molecule has 9 heteroatoms. The van der Waals surface area contributed by atoms with Crippen LogP contribution in [-0.2, 0) is 16.0 Å². The van der Waals surface area contributed by atoms with Crippen LogP contribution in [0.15, 0.2) is 59.6 Å². The Hall–Kier alpha value is -3.01. The number of methoxy groups -OCH3 is 1. The number of rotatable bonds is 11. The van der Waals surface area contributed by atoms with Gasteiger partial charge in [-0.15, -0.1) is 11.3 Å². The highest BCUT2D eigenvalue weighted by molar-refractivity contribution is 8.26. The molecule has 0 aliphatic carbocycles. The number of thioether (sulfide) groups is 1. The van der Waals surface area contributed by atoms with Crippen LogP contribution in [0.4, 0.5) is 5.13 Å². The minimum Gasteiger partial charge on any atom is -0.497 e. The Morgan fingerprint density at radius 2 is 1.86 bits per heavy atom. The average Bonchev–Trinajstić information content (AvgIpc) is 3.43. The van der Waals surface area contributed by atoms with Crippen molar-refractivity contribution in [1.29, 1.82) is 0 Å². The number of benzene rings is 2. The highest BCUT2D eigenvalue weighted by Crippen LogP contribution is 2.33. The van der Waals surface area contributed by atoms with E-state index in [1.807, 2.05) is 36.5 Å². The Labute approximate surface area is 231 Å². The lowest BCUT2D eigenvalue weighted by atomic mass is 10.1. The van der Waals surface area contributed by atoms with Crippen molar-refractivity contribution in [3.63, 3.8) is 0 Å². The van der Waals surface area contributed by atoms with E-state index >= 15 is 0 Å². The minimum atomic E-state index is -0.0613. The molecule has 1 aromatic heterocycles. The summed E-state index contributed by atoms with van der Waals surface area (Å²) in [6.07, 6.45) is 7.26. The first-order valence-corrected chi connectivity index (χ1v) is 14.1. The van der Waals surface area contributed by atoms with Gasteiger partial charge in [-0.1, -0.05) is 72.4 Å². The molecule has 0 saturated carbocycles. The fourth-order valence-electron chi connectivity index (χ4n) is 3.81. The summed E-state index contributed by atoms with van der Waals surface area (Å²) < 4.78 is 5.75. The number of unbranched alkanes of at least 4 members (excludes halogenated alkanes) is 2. The number of thiazole rings is 1. The van der Waals surface area contributed by atoms with Crippen LogP contribution in [0.25, 0.3) is 6.08 Å². The molecule has 4 rings (SSSR count). The summed E-state index contributed by atoms with van der Waals surface area (Å²) in [5.41, 5.74) is 3.39. The van der Waals surface area contributed by atoms with Crippen LogP contribution in [0, 0.1) is 6.92 Å². The summed E-state index contributed by atoms with van der Waals surface area (Å²) in [6.45, 7) is 2.63. The number of aryl methyl sites for hydroxylation is 1. The van der Waals surface area contributed by atoms with E-state index in [9.17, 15) is 9.59 Å². The molecule has 0 unspecified atom stereocenters. The third kappa shape index (κ3) is 7.74. The lowest BCUT2D eigenvalue weighted by molar-refractivity contribution is -0.122. The third-order valence-corrected chi connectivity index (χ3v) is 8.16. The second-order valence-corrected chi connectivity index (χ2v) is 11.6. The van der Waals surface area contributed by atoms with Gasteiger partial charge >= 0.3 is 0 Å². The Balaban J connectivity index is 1.16. The van der Waals surface area contributed by atoms with E-state index in [4.69, 9.17) is 17.0 Å². The first-order chi connectivity index (χ1) is 17.9. The van der Waals surface area contributed by atoms with Gasteiger partial charge in [0.2, 0.25) is 5.91 Å². The van der Waals surface area contributed by atoms with Crippen LogP contribution >= 0.6 is 35.3 Å². The van der Waals surface area contributed by atoms with Crippen molar-refractivity contribution in [3.05, 3.63) is 81.2 Å². The third-order valence-electron chi connectivity index (χ3n) is 5.87. The summed E-state index contributed by atoms with van der Waals surface area (Å²) in [4.78, 5) is 32.9. The number of hydrogen-bond donors (Lipinski definition) is 1. The first-order valence-electron chi connectivity index (χ1n) is 12.1. The van der Waals surface area contributed by atoms with Gasteiger partial charge in [0.1, 0.15) is 10.1 Å². The molecule has 2 amide bonds. The van der Waals surface area contributed by atoms with Gasteiger partial charge in [0, 0.05) is 30.5 Å². The van der Waals surface area contributed by atoms with Crippen molar-refractivity contribution in [2.75, 3.05) is 19.0 Å². The van der Waals surface area contributed by atoms with Gasteiger partial charge in [-0.2, -0.15) is 0 Å². The lowest BCUT2D eigenvalue weighted by Gasteiger charge is -2.14. The van der Waals surface area contributed by atoms with E-state index in [0.29, 0.717) is 27.3 Å². The molecule has 0 radical (unpaired) electrons. The molecule has 1 N–H and O–H groups in total. The Morgan fingerprint density at radius 3 is 2.59 bits per heavy atom. The van der Waals surface area contributed by atoms with Gasteiger partial charge in [-0.25, -0.2) is 4.98 Å². The molecule has 3 aromatic rings. The highest BCUT2D eigenvalue weighted by Gasteiger charge is 2.31. The Kier molecular flexibility index (Phi) is 9.49. The van der Waals surface area contributed by atoms with Crippen LogP contribution in [0.5, 0.6) is 5.75 Å². The topological polar surface area (TPSA) is 71.5 Å². The minimum absolute atomic E-state index is 0.0377. The number of carbonyl (C=O) groups is 2. The van der Waals surface area contributed by atoms with Gasteiger partial charge in [0.05, 0.1) is 12.0 Å². The maximum Gasteiger partial charge on any atom is 0.266 e. The number of hydrogen-bond acceptors (Lipinski definition) is 7. The van der Waals surface area contributed by atoms with Crippen molar-refractivity contribution >= 4 is 62.7 Å². The van der Waals surface area contributed by atoms with Crippen molar-refractivity contribution in [2.24, 2.45) is 0 Å². The number of anilines is 1. The van der Waals surface area contributed by atoms with E-state index in [0.717, 1.165) is 41.9 Å². The van der Waals surface area contributed by atoms with Crippen LogP contribution in [0.3, 0.4) is 0 Å². The molecule has 1 saturated heterocycles. The Bertz CT molecular complexity index is 1280. The monoisotopic (exact) mass is 551 g/mol. The molecule has 1 aliphatic rings. The van der Waals surface area contributed by atoms with E-state index in [-0.39, 0.29) is 11.8 Å². The molecule has 2 heterocycles. The average molecular weight is 552 g/mol. The van der Waals surface area contributed by atoms with E-state index in [2.05, 4.69) is 41.5 Å². The SMILES string of the molecule is COc1ccc(/C=C2/SC(=S)N(CCCCCC(=O)Nc3ncc(Cc4ccc(C)cc4)s3)C2=O)cc1. The summed E-state index contributed by atoms with van der Waals surface area (Å²) in [5, 5.41) is 3.54. The highest BCUT2D eigenvalue weighted by atomic mass is 32.2.